The van der Waals surface area contributed by atoms with Crippen LogP contribution < -0.4 is 0 Å². The quantitative estimate of drug-likeness (QED) is 0.337. The summed E-state index contributed by atoms with van der Waals surface area (Å²) in [6.07, 6.45) is 1.65. The van der Waals surface area contributed by atoms with Gasteiger partial charge in [0.05, 0.1) is 11.3 Å². The number of aliphatic hydroxyl groups excluding tert-OH is 1. The number of halogens is 3. The number of fused-ring (bicyclic) bond motifs is 5. The van der Waals surface area contributed by atoms with Crippen LogP contribution >= 0.6 is 23.4 Å². The number of carbonyl (C=O) groups is 2. The van der Waals surface area contributed by atoms with Crippen molar-refractivity contribution in [3.8, 4) is 0 Å². The van der Waals surface area contributed by atoms with Crippen LogP contribution in [0.5, 0.6) is 0 Å². The van der Waals surface area contributed by atoms with Crippen molar-refractivity contribution in [1.29, 1.82) is 0 Å². The van der Waals surface area contributed by atoms with Gasteiger partial charge >= 0.3 is 5.97 Å². The first kappa shape index (κ1) is 24.2. The van der Waals surface area contributed by atoms with E-state index in [2.05, 4.69) is 0 Å². The molecule has 4 aliphatic rings. The average molecular weight is 489 g/mol. The molecule has 0 radical (unpaired) electrons. The minimum atomic E-state index is -2.14. The Labute approximate surface area is 197 Å². The van der Waals surface area contributed by atoms with Crippen LogP contribution in [0.2, 0.25) is 0 Å². The van der Waals surface area contributed by atoms with Gasteiger partial charge in [0.1, 0.15) is 6.17 Å². The van der Waals surface area contributed by atoms with Gasteiger partial charge in [-0.2, -0.15) is 0 Å². The van der Waals surface area contributed by atoms with Gasteiger partial charge < -0.3 is 9.84 Å². The van der Waals surface area contributed by atoms with Crippen molar-refractivity contribution in [3.63, 3.8) is 0 Å². The van der Waals surface area contributed by atoms with Crippen LogP contribution in [0.25, 0.3) is 0 Å². The van der Waals surface area contributed by atoms with Crippen LogP contribution in [0.1, 0.15) is 53.4 Å². The number of ketones is 1. The van der Waals surface area contributed by atoms with Gasteiger partial charge in [0.15, 0.2) is 16.4 Å². The predicted molar refractivity (Wildman–Crippen MR) is 121 cm³/mol. The Morgan fingerprint density at radius 1 is 1.34 bits per heavy atom. The van der Waals surface area contributed by atoms with Crippen molar-refractivity contribution < 1.29 is 28.2 Å². The molecule has 0 aromatic carbocycles. The van der Waals surface area contributed by atoms with E-state index < -0.39 is 39.6 Å². The summed E-state index contributed by atoms with van der Waals surface area (Å²) in [5.41, 5.74) is -4.24. The predicted octanol–water partition coefficient (Wildman–Crippen LogP) is 5.13. The third-order valence-electron chi connectivity index (χ3n) is 8.89. The Morgan fingerprint density at radius 3 is 2.66 bits per heavy atom. The summed E-state index contributed by atoms with van der Waals surface area (Å²) in [6.45, 7) is 7.18. The number of alkyl halides is 3. The lowest BCUT2D eigenvalue weighted by molar-refractivity contribution is -0.217. The number of rotatable bonds is 4. The Morgan fingerprint density at radius 2 is 2.03 bits per heavy atom. The minimum Gasteiger partial charge on any atom is -0.447 e. The zero-order valence-electron chi connectivity index (χ0n) is 18.9. The first-order valence-corrected chi connectivity index (χ1v) is 12.8. The van der Waals surface area contributed by atoms with Gasteiger partial charge in [0.2, 0.25) is 0 Å². The molecule has 9 atom stereocenters. The number of carbonyl (C=O) groups excluding carboxylic acids is 2. The SMILES string of the molecule is CCC(=O)O[C@]1(SCCl)[C@H](C)C[C@H]2C3C[C@H](F)C4=CC(=O)C=C[C@]4(C)[C@@]3(F)[C@@H](O)C[C@@]21C. The van der Waals surface area contributed by atoms with Crippen LogP contribution in [-0.4, -0.2) is 44.9 Å². The standard InChI is InChI=1S/C24H31ClF2O4S/c1-5-20(30)31-24(32-12-25)13(2)8-15-16-10-18(26)17-9-14(28)6-7-21(17,3)23(16,27)19(29)11-22(15,24)4/h6-7,9,13,15-16,18-19,29H,5,8,10-12H2,1-4H3/t13-,15+,16?,18+,19+,21+,22+,23+,24+/m1/s1. The summed E-state index contributed by atoms with van der Waals surface area (Å²) in [5.74, 6) is -2.02. The summed E-state index contributed by atoms with van der Waals surface area (Å²) in [6, 6.07) is 0. The molecule has 0 amide bonds. The van der Waals surface area contributed by atoms with Gasteiger partial charge in [0, 0.05) is 29.1 Å². The van der Waals surface area contributed by atoms with Gasteiger partial charge in [-0.15, -0.1) is 11.6 Å². The second kappa shape index (κ2) is 7.81. The molecule has 4 aliphatic carbocycles. The summed E-state index contributed by atoms with van der Waals surface area (Å²) in [4.78, 5) is 23.3. The van der Waals surface area contributed by atoms with Crippen LogP contribution in [-0.2, 0) is 14.3 Å². The van der Waals surface area contributed by atoms with Gasteiger partial charge in [-0.05, 0) is 49.8 Å². The van der Waals surface area contributed by atoms with E-state index in [1.165, 1.54) is 30.0 Å². The molecule has 0 aliphatic heterocycles. The van der Waals surface area contributed by atoms with Crippen molar-refractivity contribution in [3.05, 3.63) is 23.8 Å². The second-order valence-electron chi connectivity index (χ2n) is 10.2. The highest BCUT2D eigenvalue weighted by Gasteiger charge is 2.76. The number of aliphatic hydroxyl groups is 1. The van der Waals surface area contributed by atoms with Gasteiger partial charge in [-0.3, -0.25) is 9.59 Å². The van der Waals surface area contributed by atoms with Crippen molar-refractivity contribution in [2.75, 3.05) is 5.21 Å². The van der Waals surface area contributed by atoms with E-state index in [0.29, 0.717) is 6.42 Å². The van der Waals surface area contributed by atoms with Crippen LogP contribution in [0.4, 0.5) is 8.78 Å². The monoisotopic (exact) mass is 488 g/mol. The molecule has 0 aromatic heterocycles. The first-order chi connectivity index (χ1) is 14.9. The zero-order chi connectivity index (χ0) is 23.7. The zero-order valence-corrected chi connectivity index (χ0v) is 20.4. The van der Waals surface area contributed by atoms with Gasteiger partial charge in [-0.1, -0.05) is 38.6 Å². The molecule has 3 fully saturated rings. The Bertz CT molecular complexity index is 895. The smallest absolute Gasteiger partial charge is 0.306 e. The molecule has 178 valence electrons. The second-order valence-corrected chi connectivity index (χ2v) is 12.0. The van der Waals surface area contributed by atoms with E-state index in [0.717, 1.165) is 0 Å². The fraction of sp³-hybridized carbons (Fsp3) is 0.750. The summed E-state index contributed by atoms with van der Waals surface area (Å²) < 4.78 is 38.7. The molecule has 3 saturated carbocycles. The largest absolute Gasteiger partial charge is 0.447 e. The molecule has 4 nitrogen and oxygen atoms in total. The number of allylic oxidation sites excluding steroid dienone is 4. The maximum Gasteiger partial charge on any atom is 0.306 e. The topological polar surface area (TPSA) is 63.6 Å². The molecule has 0 spiro atoms. The van der Waals surface area contributed by atoms with Gasteiger partial charge in [-0.25, -0.2) is 8.78 Å². The van der Waals surface area contributed by atoms with Crippen LogP contribution in [0, 0.1) is 28.6 Å². The highest BCUT2D eigenvalue weighted by Crippen LogP contribution is 2.73. The summed E-state index contributed by atoms with van der Waals surface area (Å²) in [7, 11) is 0. The lowest BCUT2D eigenvalue weighted by atomic mass is 9.45. The molecule has 4 rings (SSSR count). The van der Waals surface area contributed by atoms with Gasteiger partial charge in [0.25, 0.3) is 0 Å². The number of ether oxygens (including phenoxy) is 1. The molecule has 1 N–H and O–H groups in total. The van der Waals surface area contributed by atoms with Crippen LogP contribution in [0.3, 0.4) is 0 Å². The Balaban J connectivity index is 1.84. The third-order valence-corrected chi connectivity index (χ3v) is 10.7. The fourth-order valence-corrected chi connectivity index (χ4v) is 9.11. The minimum absolute atomic E-state index is 0.0531. The van der Waals surface area contributed by atoms with E-state index in [-0.39, 0.29) is 53.6 Å². The van der Waals surface area contributed by atoms with Crippen molar-refractivity contribution in [1.82, 2.24) is 0 Å². The lowest BCUT2D eigenvalue weighted by Gasteiger charge is -2.63. The molecule has 8 heteroatoms. The molecule has 0 aromatic rings. The summed E-state index contributed by atoms with van der Waals surface area (Å²) >= 11 is 7.45. The number of hydrogen-bond donors (Lipinski definition) is 1. The van der Waals surface area contributed by atoms with Crippen molar-refractivity contribution in [2.45, 2.75) is 76.3 Å². The van der Waals surface area contributed by atoms with E-state index >= 15 is 8.78 Å². The fourth-order valence-electron chi connectivity index (χ4n) is 7.36. The molecule has 1 unspecified atom stereocenters. The molecular formula is C24H31ClF2O4S. The number of thioether (sulfide) groups is 1. The Kier molecular flexibility index (Phi) is 5.91. The third kappa shape index (κ3) is 2.89. The van der Waals surface area contributed by atoms with Crippen molar-refractivity contribution >= 4 is 35.1 Å². The molecule has 0 bridgehead atoms. The van der Waals surface area contributed by atoms with Crippen molar-refractivity contribution in [2.24, 2.45) is 28.6 Å². The Hall–Kier alpha value is -0.920. The molecular weight excluding hydrogens is 458 g/mol. The molecule has 32 heavy (non-hydrogen) atoms. The first-order valence-electron chi connectivity index (χ1n) is 11.3. The maximum atomic E-state index is 17.2. The maximum absolute atomic E-state index is 17.2. The van der Waals surface area contributed by atoms with E-state index in [9.17, 15) is 14.7 Å². The average Bonchev–Trinajstić information content (AvgIpc) is 2.93. The molecule has 0 saturated heterocycles. The number of hydrogen-bond acceptors (Lipinski definition) is 5. The normalized spacial score (nSPS) is 49.7. The number of esters is 1. The highest BCUT2D eigenvalue weighted by atomic mass is 35.5. The summed E-state index contributed by atoms with van der Waals surface area (Å²) in [5, 5.41) is 11.6. The van der Waals surface area contributed by atoms with E-state index in [1.54, 1.807) is 13.8 Å². The van der Waals surface area contributed by atoms with E-state index in [4.69, 9.17) is 16.3 Å². The van der Waals surface area contributed by atoms with E-state index in [1.807, 2.05) is 13.8 Å². The lowest BCUT2D eigenvalue weighted by Crippen LogP contribution is -2.69. The highest BCUT2D eigenvalue weighted by molar-refractivity contribution is 8.01. The molecule has 0 heterocycles. The van der Waals surface area contributed by atoms with Crippen LogP contribution in [0.15, 0.2) is 23.8 Å².